The van der Waals surface area contributed by atoms with Gasteiger partial charge in [-0.2, -0.15) is 0 Å². The Balaban J connectivity index is 1.60. The number of hydrogen-bond acceptors (Lipinski definition) is 2. The summed E-state index contributed by atoms with van der Waals surface area (Å²) in [5.74, 6) is -0.985. The third-order valence-electron chi connectivity index (χ3n) is 4.31. The summed E-state index contributed by atoms with van der Waals surface area (Å²) < 4.78 is 0. The Hall–Kier alpha value is -2.62. The minimum atomic E-state index is -0.535. The molecule has 0 fully saturated rings. The van der Waals surface area contributed by atoms with Crippen molar-refractivity contribution in [2.45, 2.75) is 26.4 Å². The standard InChI is InChI=1S/C19H20N2O2/c1-14-6-2-3-8-16(14)12-20-18(22)19(23)21-11-10-15-7-4-5-9-17(15)13-21/h2-9H,10-13H2,1H3,(H,20,22). The molecule has 0 bridgehead atoms. The lowest BCUT2D eigenvalue weighted by Crippen LogP contribution is -2.44. The van der Waals surface area contributed by atoms with Crippen LogP contribution in [0.3, 0.4) is 0 Å². The molecule has 23 heavy (non-hydrogen) atoms. The largest absolute Gasteiger partial charge is 0.344 e. The topological polar surface area (TPSA) is 49.4 Å². The van der Waals surface area contributed by atoms with Gasteiger partial charge in [-0.05, 0) is 35.6 Å². The summed E-state index contributed by atoms with van der Waals surface area (Å²) in [4.78, 5) is 26.1. The fourth-order valence-electron chi connectivity index (χ4n) is 2.87. The highest BCUT2D eigenvalue weighted by molar-refractivity contribution is 6.34. The molecule has 118 valence electrons. The summed E-state index contributed by atoms with van der Waals surface area (Å²) in [6, 6.07) is 15.9. The summed E-state index contributed by atoms with van der Waals surface area (Å²) in [5.41, 5.74) is 4.51. The van der Waals surface area contributed by atoms with Crippen LogP contribution >= 0.6 is 0 Å². The number of aryl methyl sites for hydroxylation is 1. The average Bonchev–Trinajstić information content (AvgIpc) is 2.59. The van der Waals surface area contributed by atoms with Crippen molar-refractivity contribution in [1.29, 1.82) is 0 Å². The second-order valence-corrected chi connectivity index (χ2v) is 5.85. The van der Waals surface area contributed by atoms with E-state index in [1.807, 2.05) is 49.4 Å². The lowest BCUT2D eigenvalue weighted by atomic mass is 10.00. The van der Waals surface area contributed by atoms with Gasteiger partial charge >= 0.3 is 11.8 Å². The van der Waals surface area contributed by atoms with Crippen LogP contribution in [-0.2, 0) is 29.1 Å². The Kier molecular flexibility index (Phi) is 4.42. The quantitative estimate of drug-likeness (QED) is 0.865. The summed E-state index contributed by atoms with van der Waals surface area (Å²) >= 11 is 0. The van der Waals surface area contributed by atoms with Gasteiger partial charge in [-0.25, -0.2) is 0 Å². The van der Waals surface area contributed by atoms with Gasteiger partial charge in [-0.3, -0.25) is 9.59 Å². The van der Waals surface area contributed by atoms with Gasteiger partial charge in [0.25, 0.3) is 0 Å². The molecule has 2 amide bonds. The van der Waals surface area contributed by atoms with E-state index in [1.54, 1.807) is 4.90 Å². The van der Waals surface area contributed by atoms with Crippen molar-refractivity contribution in [3.8, 4) is 0 Å². The molecule has 3 rings (SSSR count). The van der Waals surface area contributed by atoms with E-state index in [1.165, 1.54) is 5.56 Å². The zero-order valence-corrected chi connectivity index (χ0v) is 13.2. The highest BCUT2D eigenvalue weighted by atomic mass is 16.2. The van der Waals surface area contributed by atoms with Crippen LogP contribution in [0.4, 0.5) is 0 Å². The molecule has 2 aromatic carbocycles. The molecule has 0 unspecified atom stereocenters. The van der Waals surface area contributed by atoms with Crippen molar-refractivity contribution in [2.24, 2.45) is 0 Å². The molecule has 0 aromatic heterocycles. The first-order valence-electron chi connectivity index (χ1n) is 7.83. The van der Waals surface area contributed by atoms with Crippen molar-refractivity contribution >= 4 is 11.8 Å². The Bertz CT molecular complexity index is 740. The highest BCUT2D eigenvalue weighted by Crippen LogP contribution is 2.18. The molecule has 1 N–H and O–H groups in total. The number of nitrogens with zero attached hydrogens (tertiary/aromatic N) is 1. The monoisotopic (exact) mass is 308 g/mol. The van der Waals surface area contributed by atoms with E-state index in [9.17, 15) is 9.59 Å². The van der Waals surface area contributed by atoms with Crippen LogP contribution in [0.25, 0.3) is 0 Å². The molecule has 0 radical (unpaired) electrons. The first-order chi connectivity index (χ1) is 11.1. The van der Waals surface area contributed by atoms with Gasteiger partial charge < -0.3 is 10.2 Å². The van der Waals surface area contributed by atoms with E-state index < -0.39 is 11.8 Å². The van der Waals surface area contributed by atoms with Gasteiger partial charge in [0.05, 0.1) is 0 Å². The van der Waals surface area contributed by atoms with Gasteiger partial charge in [0.2, 0.25) is 0 Å². The van der Waals surface area contributed by atoms with Gasteiger partial charge in [-0.15, -0.1) is 0 Å². The van der Waals surface area contributed by atoms with Crippen molar-refractivity contribution in [1.82, 2.24) is 10.2 Å². The van der Waals surface area contributed by atoms with Crippen LogP contribution in [0.2, 0.25) is 0 Å². The minimum Gasteiger partial charge on any atom is -0.344 e. The molecule has 0 aliphatic carbocycles. The third kappa shape index (κ3) is 3.42. The third-order valence-corrected chi connectivity index (χ3v) is 4.31. The average molecular weight is 308 g/mol. The van der Waals surface area contributed by atoms with E-state index in [-0.39, 0.29) is 0 Å². The molecular formula is C19H20N2O2. The van der Waals surface area contributed by atoms with Gasteiger partial charge in [0.15, 0.2) is 0 Å². The van der Waals surface area contributed by atoms with E-state index in [0.29, 0.717) is 19.6 Å². The summed E-state index contributed by atoms with van der Waals surface area (Å²) in [6.07, 6.45) is 0.799. The minimum absolute atomic E-state index is 0.377. The lowest BCUT2D eigenvalue weighted by Gasteiger charge is -2.28. The van der Waals surface area contributed by atoms with Crippen molar-refractivity contribution in [2.75, 3.05) is 6.54 Å². The Morgan fingerprint density at radius 2 is 1.74 bits per heavy atom. The van der Waals surface area contributed by atoms with Crippen molar-refractivity contribution < 1.29 is 9.59 Å². The Morgan fingerprint density at radius 1 is 1.04 bits per heavy atom. The number of hydrogen-bond donors (Lipinski definition) is 1. The predicted octanol–water partition coefficient (Wildman–Crippen LogP) is 2.20. The maximum atomic E-state index is 12.3. The summed E-state index contributed by atoms with van der Waals surface area (Å²) in [6.45, 7) is 3.47. The first kappa shape index (κ1) is 15.3. The molecule has 0 atom stereocenters. The first-order valence-corrected chi connectivity index (χ1v) is 7.83. The molecule has 2 aromatic rings. The molecule has 1 aliphatic rings. The number of carbonyl (C=O) groups is 2. The zero-order valence-electron chi connectivity index (χ0n) is 13.2. The van der Waals surface area contributed by atoms with Crippen LogP contribution in [0.5, 0.6) is 0 Å². The van der Waals surface area contributed by atoms with E-state index >= 15 is 0 Å². The zero-order chi connectivity index (χ0) is 16.2. The van der Waals surface area contributed by atoms with Crippen LogP contribution in [-0.4, -0.2) is 23.3 Å². The summed E-state index contributed by atoms with van der Waals surface area (Å²) in [5, 5.41) is 2.73. The number of carbonyl (C=O) groups excluding carboxylic acids is 2. The molecule has 4 nitrogen and oxygen atoms in total. The second kappa shape index (κ2) is 6.65. The van der Waals surface area contributed by atoms with E-state index in [4.69, 9.17) is 0 Å². The van der Waals surface area contributed by atoms with E-state index in [2.05, 4.69) is 11.4 Å². The van der Waals surface area contributed by atoms with E-state index in [0.717, 1.165) is 23.1 Å². The van der Waals surface area contributed by atoms with Crippen LogP contribution in [0.1, 0.15) is 22.3 Å². The maximum Gasteiger partial charge on any atom is 0.312 e. The van der Waals surface area contributed by atoms with Crippen LogP contribution < -0.4 is 5.32 Å². The molecule has 0 saturated heterocycles. The maximum absolute atomic E-state index is 12.3. The predicted molar refractivity (Wildman–Crippen MR) is 88.6 cm³/mol. The van der Waals surface area contributed by atoms with Gasteiger partial charge in [0.1, 0.15) is 0 Å². The Morgan fingerprint density at radius 3 is 2.52 bits per heavy atom. The molecule has 0 saturated carbocycles. The van der Waals surface area contributed by atoms with Crippen molar-refractivity contribution in [3.05, 3.63) is 70.8 Å². The van der Waals surface area contributed by atoms with Gasteiger partial charge in [0, 0.05) is 19.6 Å². The molecule has 1 heterocycles. The highest BCUT2D eigenvalue weighted by Gasteiger charge is 2.25. The molecular weight excluding hydrogens is 288 g/mol. The molecule has 4 heteroatoms. The normalized spacial score (nSPS) is 13.3. The number of benzene rings is 2. The SMILES string of the molecule is Cc1ccccc1CNC(=O)C(=O)N1CCc2ccccc2C1. The number of nitrogens with one attached hydrogen (secondary N) is 1. The smallest absolute Gasteiger partial charge is 0.312 e. The fourth-order valence-corrected chi connectivity index (χ4v) is 2.87. The van der Waals surface area contributed by atoms with Crippen molar-refractivity contribution in [3.63, 3.8) is 0 Å². The van der Waals surface area contributed by atoms with Crippen LogP contribution in [0, 0.1) is 6.92 Å². The Labute approximate surface area is 136 Å². The number of amides is 2. The number of fused-ring (bicyclic) bond motifs is 1. The lowest BCUT2D eigenvalue weighted by molar-refractivity contribution is -0.146. The second-order valence-electron chi connectivity index (χ2n) is 5.85. The molecule has 1 aliphatic heterocycles. The van der Waals surface area contributed by atoms with Gasteiger partial charge in [-0.1, -0.05) is 48.5 Å². The fraction of sp³-hybridized carbons (Fsp3) is 0.263. The van der Waals surface area contributed by atoms with Crippen LogP contribution in [0.15, 0.2) is 48.5 Å². The molecule has 0 spiro atoms. The number of rotatable bonds is 2. The summed E-state index contributed by atoms with van der Waals surface area (Å²) in [7, 11) is 0.